The summed E-state index contributed by atoms with van der Waals surface area (Å²) in [4.78, 5) is 12.3. The largest absolute Gasteiger partial charge is 0.495 e. The lowest BCUT2D eigenvalue weighted by Crippen LogP contribution is -2.31. The summed E-state index contributed by atoms with van der Waals surface area (Å²) >= 11 is 0. The number of anilines is 2. The van der Waals surface area contributed by atoms with Gasteiger partial charge in [0.1, 0.15) is 17.2 Å². The molecule has 3 rings (SSSR count). The Labute approximate surface area is 188 Å². The van der Waals surface area contributed by atoms with Gasteiger partial charge >= 0.3 is 0 Å². The maximum atomic E-state index is 12.3. The lowest BCUT2D eigenvalue weighted by molar-refractivity contribution is -0.116. The van der Waals surface area contributed by atoms with Crippen LogP contribution >= 0.6 is 0 Å². The molecule has 0 aliphatic rings. The van der Waals surface area contributed by atoms with Crippen molar-refractivity contribution in [2.75, 3.05) is 29.5 Å². The molecule has 0 aliphatic heterocycles. The minimum Gasteiger partial charge on any atom is -0.495 e. The van der Waals surface area contributed by atoms with E-state index in [0.29, 0.717) is 29.3 Å². The molecule has 0 heterocycles. The predicted octanol–water partition coefficient (Wildman–Crippen LogP) is 4.67. The van der Waals surface area contributed by atoms with Gasteiger partial charge in [-0.05, 0) is 55.0 Å². The number of nitrogens with one attached hydrogen (secondary N) is 1. The highest BCUT2D eigenvalue weighted by molar-refractivity contribution is 7.92. The molecule has 0 atom stereocenters. The molecule has 0 saturated carbocycles. The molecule has 1 N–H and O–H groups in total. The van der Waals surface area contributed by atoms with Crippen LogP contribution in [0.25, 0.3) is 0 Å². The van der Waals surface area contributed by atoms with Gasteiger partial charge < -0.3 is 14.8 Å². The summed E-state index contributed by atoms with van der Waals surface area (Å²) in [7, 11) is -2.04. The Morgan fingerprint density at radius 1 is 0.906 bits per heavy atom. The fourth-order valence-corrected chi connectivity index (χ4v) is 4.11. The molecule has 0 unspecified atom stereocenters. The first-order valence-electron chi connectivity index (χ1n) is 10.1. The highest BCUT2D eigenvalue weighted by atomic mass is 32.2. The third kappa shape index (κ3) is 6.49. The van der Waals surface area contributed by atoms with Crippen LogP contribution in [0.4, 0.5) is 11.4 Å². The van der Waals surface area contributed by atoms with Crippen molar-refractivity contribution in [3.63, 3.8) is 0 Å². The Balaban J connectivity index is 1.54. The molecule has 0 aromatic heterocycles. The summed E-state index contributed by atoms with van der Waals surface area (Å²) in [5, 5.41) is 2.82. The molecule has 8 heteroatoms. The number of hydrogen-bond acceptors (Lipinski definition) is 5. The Hall–Kier alpha value is -3.52. The molecule has 32 heavy (non-hydrogen) atoms. The maximum absolute atomic E-state index is 12.3. The van der Waals surface area contributed by atoms with Gasteiger partial charge in [0.05, 0.1) is 19.1 Å². The molecule has 3 aromatic carbocycles. The molecular weight excluding hydrogens is 428 g/mol. The van der Waals surface area contributed by atoms with E-state index in [2.05, 4.69) is 5.32 Å². The van der Waals surface area contributed by atoms with Gasteiger partial charge in [0.2, 0.25) is 15.9 Å². The summed E-state index contributed by atoms with van der Waals surface area (Å²) in [6, 6.07) is 23.4. The van der Waals surface area contributed by atoms with Crippen LogP contribution in [0, 0.1) is 0 Å². The molecule has 0 spiro atoms. The van der Waals surface area contributed by atoms with E-state index < -0.39 is 10.0 Å². The number of hydrogen-bond donors (Lipinski definition) is 1. The van der Waals surface area contributed by atoms with E-state index in [0.717, 1.165) is 12.0 Å². The first-order chi connectivity index (χ1) is 15.4. The van der Waals surface area contributed by atoms with Crippen molar-refractivity contribution in [2.45, 2.75) is 12.8 Å². The minimum atomic E-state index is -3.53. The van der Waals surface area contributed by atoms with E-state index >= 15 is 0 Å². The van der Waals surface area contributed by atoms with Crippen LogP contribution in [0.3, 0.4) is 0 Å². The predicted molar refractivity (Wildman–Crippen MR) is 126 cm³/mol. The van der Waals surface area contributed by atoms with Gasteiger partial charge in [-0.2, -0.15) is 0 Å². The minimum absolute atomic E-state index is 0.163. The molecule has 7 nitrogen and oxygen atoms in total. The third-order valence-electron chi connectivity index (χ3n) is 4.64. The van der Waals surface area contributed by atoms with Crippen molar-refractivity contribution in [3.8, 4) is 17.2 Å². The standard InChI is InChI=1S/C24H26N2O5S/c1-30-23-12-7-6-11-22(23)26(32(2,28)29)18-8-13-24(27)25-19-14-16-21(17-15-19)31-20-9-4-3-5-10-20/h3-7,9-12,14-17H,8,13,18H2,1-2H3,(H,25,27). The number of sulfonamides is 1. The molecule has 0 saturated heterocycles. The van der Waals surface area contributed by atoms with Gasteiger partial charge in [0.25, 0.3) is 0 Å². The highest BCUT2D eigenvalue weighted by Gasteiger charge is 2.20. The number of rotatable bonds is 10. The summed E-state index contributed by atoms with van der Waals surface area (Å²) in [5.74, 6) is 1.65. The number of benzene rings is 3. The Morgan fingerprint density at radius 3 is 2.19 bits per heavy atom. The summed E-state index contributed by atoms with van der Waals surface area (Å²) in [6.45, 7) is 0.163. The van der Waals surface area contributed by atoms with Gasteiger partial charge in [0.15, 0.2) is 0 Å². The number of nitrogens with zero attached hydrogens (tertiary/aromatic N) is 1. The van der Waals surface area contributed by atoms with E-state index in [-0.39, 0.29) is 18.9 Å². The third-order valence-corrected chi connectivity index (χ3v) is 5.82. The average Bonchev–Trinajstić information content (AvgIpc) is 2.78. The molecule has 0 radical (unpaired) electrons. The molecule has 0 bridgehead atoms. The van der Waals surface area contributed by atoms with Crippen LogP contribution in [-0.2, 0) is 14.8 Å². The molecule has 168 valence electrons. The Bertz CT molecular complexity index is 1130. The monoisotopic (exact) mass is 454 g/mol. The van der Waals surface area contributed by atoms with Crippen LogP contribution in [0.1, 0.15) is 12.8 Å². The molecule has 0 aliphatic carbocycles. The summed E-state index contributed by atoms with van der Waals surface area (Å²) in [5.41, 5.74) is 1.09. The van der Waals surface area contributed by atoms with Gasteiger partial charge in [-0.15, -0.1) is 0 Å². The lowest BCUT2D eigenvalue weighted by Gasteiger charge is -2.24. The van der Waals surface area contributed by atoms with Crippen LogP contribution in [0.2, 0.25) is 0 Å². The zero-order valence-electron chi connectivity index (χ0n) is 18.0. The summed E-state index contributed by atoms with van der Waals surface area (Å²) < 4.78 is 36.9. The average molecular weight is 455 g/mol. The molecule has 3 aromatic rings. The maximum Gasteiger partial charge on any atom is 0.232 e. The van der Waals surface area contributed by atoms with Crippen LogP contribution in [0.5, 0.6) is 17.2 Å². The van der Waals surface area contributed by atoms with Crippen LogP contribution in [0.15, 0.2) is 78.9 Å². The number of carbonyl (C=O) groups is 1. The second-order valence-corrected chi connectivity index (χ2v) is 9.01. The first kappa shape index (κ1) is 23.1. The lowest BCUT2D eigenvalue weighted by atomic mass is 10.2. The van der Waals surface area contributed by atoms with Gasteiger partial charge in [-0.3, -0.25) is 9.10 Å². The SMILES string of the molecule is COc1ccccc1N(CCCC(=O)Nc1ccc(Oc2ccccc2)cc1)S(C)(=O)=O. The van der Waals surface area contributed by atoms with Crippen molar-refractivity contribution in [1.29, 1.82) is 0 Å². The van der Waals surface area contributed by atoms with Gasteiger partial charge in [-0.1, -0.05) is 30.3 Å². The fourth-order valence-electron chi connectivity index (χ4n) is 3.14. The topological polar surface area (TPSA) is 84.9 Å². The zero-order valence-corrected chi connectivity index (χ0v) is 18.8. The Morgan fingerprint density at radius 2 is 1.53 bits per heavy atom. The van der Waals surface area contributed by atoms with E-state index in [9.17, 15) is 13.2 Å². The molecule has 1 amide bonds. The van der Waals surface area contributed by atoms with Crippen molar-refractivity contribution < 1.29 is 22.7 Å². The first-order valence-corrected chi connectivity index (χ1v) is 12.0. The van der Waals surface area contributed by atoms with Gasteiger partial charge in [-0.25, -0.2) is 8.42 Å². The van der Waals surface area contributed by atoms with E-state index in [1.807, 2.05) is 30.3 Å². The smallest absolute Gasteiger partial charge is 0.232 e. The number of methoxy groups -OCH3 is 1. The van der Waals surface area contributed by atoms with Crippen molar-refractivity contribution in [3.05, 3.63) is 78.9 Å². The fraction of sp³-hybridized carbons (Fsp3) is 0.208. The number of ether oxygens (including phenoxy) is 2. The van der Waals surface area contributed by atoms with E-state index in [1.165, 1.54) is 11.4 Å². The van der Waals surface area contributed by atoms with Crippen molar-refractivity contribution in [1.82, 2.24) is 0 Å². The molecule has 0 fully saturated rings. The van der Waals surface area contributed by atoms with E-state index in [4.69, 9.17) is 9.47 Å². The van der Waals surface area contributed by atoms with Crippen LogP contribution in [-0.4, -0.2) is 34.2 Å². The van der Waals surface area contributed by atoms with Crippen molar-refractivity contribution in [2.24, 2.45) is 0 Å². The quantitative estimate of drug-likeness (QED) is 0.481. The normalized spacial score (nSPS) is 10.9. The van der Waals surface area contributed by atoms with Crippen molar-refractivity contribution >= 4 is 27.3 Å². The highest BCUT2D eigenvalue weighted by Crippen LogP contribution is 2.29. The second kappa shape index (κ2) is 10.7. The number of amides is 1. The number of para-hydroxylation sites is 3. The molecular formula is C24H26N2O5S. The Kier molecular flexibility index (Phi) is 7.72. The van der Waals surface area contributed by atoms with Crippen LogP contribution < -0.4 is 19.1 Å². The number of carbonyl (C=O) groups excluding carboxylic acids is 1. The zero-order chi connectivity index (χ0) is 23.0. The van der Waals surface area contributed by atoms with E-state index in [1.54, 1.807) is 48.5 Å². The summed E-state index contributed by atoms with van der Waals surface area (Å²) in [6.07, 6.45) is 1.66. The second-order valence-electron chi connectivity index (χ2n) is 7.10. The van der Waals surface area contributed by atoms with Gasteiger partial charge in [0, 0.05) is 18.7 Å².